The quantitative estimate of drug-likeness (QED) is 0.174. The second kappa shape index (κ2) is 13.6. The SMILES string of the molecule is c1ccc(-c2ccc(-c3ccccc3-c3nc(-c4cc5ccccc5c5oc6ccccc6c45)nc(-n4c5ccc6ccccc6c5c5ccc6ccccc6c54)n3)cc2)cc1. The molecule has 10 aromatic carbocycles. The standard InChI is InChI=1S/C57H34N4O/c1-2-14-35(15-3-1)36-26-28-39(29-27-36)41-19-10-11-23-45(41)55-58-56(48-34-40-18-6-9-22-44(40)54-52(48)46-24-12-13-25-50(46)62-54)60-57(59-55)61-49-33-31-37-16-4-7-20-42(37)51(49)47-32-30-38-17-5-8-21-43(38)53(47)61/h1-34H. The molecule has 13 rings (SSSR count). The first-order valence-electron chi connectivity index (χ1n) is 20.9. The van der Waals surface area contributed by atoms with E-state index in [-0.39, 0.29) is 0 Å². The van der Waals surface area contributed by atoms with Crippen molar-refractivity contribution < 1.29 is 4.42 Å². The van der Waals surface area contributed by atoms with E-state index in [4.69, 9.17) is 19.4 Å². The number of hydrogen-bond acceptors (Lipinski definition) is 4. The molecular formula is C57H34N4O. The van der Waals surface area contributed by atoms with Gasteiger partial charge in [0.25, 0.3) is 0 Å². The van der Waals surface area contributed by atoms with Crippen LogP contribution in [0.4, 0.5) is 0 Å². The van der Waals surface area contributed by atoms with Crippen LogP contribution >= 0.6 is 0 Å². The largest absolute Gasteiger partial charge is 0.455 e. The van der Waals surface area contributed by atoms with E-state index < -0.39 is 0 Å². The van der Waals surface area contributed by atoms with Crippen molar-refractivity contribution in [1.82, 2.24) is 19.5 Å². The number of rotatable bonds is 5. The highest BCUT2D eigenvalue weighted by atomic mass is 16.3. The van der Waals surface area contributed by atoms with Crippen LogP contribution in [-0.2, 0) is 0 Å². The maximum absolute atomic E-state index is 6.69. The molecule has 0 aliphatic rings. The summed E-state index contributed by atoms with van der Waals surface area (Å²) >= 11 is 0. The maximum atomic E-state index is 6.69. The van der Waals surface area contributed by atoms with E-state index in [0.29, 0.717) is 17.6 Å². The third-order valence-corrected chi connectivity index (χ3v) is 12.4. The molecule has 0 saturated carbocycles. The minimum atomic E-state index is 0.542. The molecule has 3 aromatic heterocycles. The molecule has 0 N–H and O–H groups in total. The number of fused-ring (bicyclic) bond motifs is 12. The van der Waals surface area contributed by atoms with Crippen LogP contribution < -0.4 is 0 Å². The molecule has 0 aliphatic heterocycles. The summed E-state index contributed by atoms with van der Waals surface area (Å²) in [6.07, 6.45) is 0. The van der Waals surface area contributed by atoms with Crippen molar-refractivity contribution >= 4 is 76.1 Å². The lowest BCUT2D eigenvalue weighted by atomic mass is 9.96. The molecule has 13 aromatic rings. The molecule has 0 saturated heterocycles. The molecule has 0 bridgehead atoms. The minimum absolute atomic E-state index is 0.542. The Morgan fingerprint density at radius 1 is 0.355 bits per heavy atom. The van der Waals surface area contributed by atoms with Gasteiger partial charge in [-0.25, -0.2) is 4.98 Å². The van der Waals surface area contributed by atoms with Gasteiger partial charge in [0.2, 0.25) is 5.95 Å². The van der Waals surface area contributed by atoms with Crippen molar-refractivity contribution in [3.63, 3.8) is 0 Å². The number of aromatic nitrogens is 4. The lowest BCUT2D eigenvalue weighted by molar-refractivity contribution is 0.672. The monoisotopic (exact) mass is 790 g/mol. The van der Waals surface area contributed by atoms with Gasteiger partial charge < -0.3 is 4.42 Å². The molecular weight excluding hydrogens is 757 g/mol. The molecule has 0 spiro atoms. The summed E-state index contributed by atoms with van der Waals surface area (Å²) in [5, 5.41) is 11.0. The van der Waals surface area contributed by atoms with Crippen molar-refractivity contribution in [2.75, 3.05) is 0 Å². The number of hydrogen-bond donors (Lipinski definition) is 0. The highest BCUT2D eigenvalue weighted by Gasteiger charge is 2.24. The van der Waals surface area contributed by atoms with E-state index >= 15 is 0 Å². The summed E-state index contributed by atoms with van der Waals surface area (Å²) < 4.78 is 8.95. The lowest BCUT2D eigenvalue weighted by Gasteiger charge is -2.15. The Morgan fingerprint density at radius 3 is 1.74 bits per heavy atom. The second-order valence-electron chi connectivity index (χ2n) is 15.9. The topological polar surface area (TPSA) is 56.7 Å². The van der Waals surface area contributed by atoms with Gasteiger partial charge in [-0.1, -0.05) is 188 Å². The lowest BCUT2D eigenvalue weighted by Crippen LogP contribution is -2.07. The van der Waals surface area contributed by atoms with Crippen LogP contribution in [0.1, 0.15) is 0 Å². The van der Waals surface area contributed by atoms with Crippen LogP contribution in [0.5, 0.6) is 0 Å². The Labute approximate surface area is 355 Å². The van der Waals surface area contributed by atoms with Crippen LogP contribution in [-0.4, -0.2) is 19.5 Å². The fourth-order valence-electron chi connectivity index (χ4n) is 9.60. The van der Waals surface area contributed by atoms with Gasteiger partial charge in [-0.3, -0.25) is 4.57 Å². The molecule has 0 atom stereocenters. The Morgan fingerprint density at radius 2 is 0.935 bits per heavy atom. The Bertz CT molecular complexity index is 3920. The van der Waals surface area contributed by atoms with Crippen molar-refractivity contribution in [2.24, 2.45) is 0 Å². The molecule has 5 nitrogen and oxygen atoms in total. The molecule has 62 heavy (non-hydrogen) atoms. The fraction of sp³-hybridized carbons (Fsp3) is 0. The highest BCUT2D eigenvalue weighted by Crippen LogP contribution is 2.43. The number of nitrogens with zero attached hydrogens (tertiary/aromatic N) is 4. The van der Waals surface area contributed by atoms with Crippen LogP contribution in [0.25, 0.3) is 127 Å². The first-order valence-corrected chi connectivity index (χ1v) is 20.9. The van der Waals surface area contributed by atoms with Gasteiger partial charge in [0.1, 0.15) is 11.2 Å². The van der Waals surface area contributed by atoms with Gasteiger partial charge >= 0.3 is 0 Å². The molecule has 0 unspecified atom stereocenters. The Kier molecular flexibility index (Phi) is 7.54. The second-order valence-corrected chi connectivity index (χ2v) is 15.9. The number of para-hydroxylation sites is 1. The van der Waals surface area contributed by atoms with E-state index in [1.165, 1.54) is 21.7 Å². The van der Waals surface area contributed by atoms with Crippen LogP contribution in [0.15, 0.2) is 211 Å². The summed E-state index contributed by atoms with van der Waals surface area (Å²) in [5.74, 6) is 1.69. The van der Waals surface area contributed by atoms with Gasteiger partial charge in [0.15, 0.2) is 11.6 Å². The van der Waals surface area contributed by atoms with Gasteiger partial charge in [0, 0.05) is 43.4 Å². The van der Waals surface area contributed by atoms with Crippen molar-refractivity contribution in [3.05, 3.63) is 206 Å². The molecule has 3 heterocycles. The molecule has 0 amide bonds. The highest BCUT2D eigenvalue weighted by molar-refractivity contribution is 6.26. The third-order valence-electron chi connectivity index (χ3n) is 12.4. The van der Waals surface area contributed by atoms with E-state index in [1.807, 2.05) is 18.2 Å². The molecule has 288 valence electrons. The predicted molar refractivity (Wildman–Crippen MR) is 256 cm³/mol. The van der Waals surface area contributed by atoms with E-state index in [1.54, 1.807) is 0 Å². The average Bonchev–Trinajstić information content (AvgIpc) is 3.91. The van der Waals surface area contributed by atoms with Gasteiger partial charge in [0.05, 0.1) is 11.0 Å². The molecule has 0 aliphatic carbocycles. The summed E-state index contributed by atoms with van der Waals surface area (Å²) in [4.78, 5) is 16.5. The van der Waals surface area contributed by atoms with E-state index in [0.717, 1.165) is 87.7 Å². The first kappa shape index (κ1) is 34.5. The molecule has 5 heteroatoms. The normalized spacial score (nSPS) is 11.9. The zero-order valence-corrected chi connectivity index (χ0v) is 33.3. The Hall–Kier alpha value is -8.41. The molecule has 0 radical (unpaired) electrons. The van der Waals surface area contributed by atoms with Crippen LogP contribution in [0, 0.1) is 0 Å². The third kappa shape index (κ3) is 5.25. The van der Waals surface area contributed by atoms with Crippen molar-refractivity contribution in [2.45, 2.75) is 0 Å². The van der Waals surface area contributed by atoms with Gasteiger partial charge in [-0.05, 0) is 62.0 Å². The van der Waals surface area contributed by atoms with Gasteiger partial charge in [-0.15, -0.1) is 0 Å². The first-order chi connectivity index (χ1) is 30.7. The van der Waals surface area contributed by atoms with Gasteiger partial charge in [-0.2, -0.15) is 9.97 Å². The minimum Gasteiger partial charge on any atom is -0.455 e. The van der Waals surface area contributed by atoms with Crippen LogP contribution in [0.3, 0.4) is 0 Å². The molecule has 0 fully saturated rings. The summed E-state index contributed by atoms with van der Waals surface area (Å²) in [7, 11) is 0. The Balaban J connectivity index is 1.15. The van der Waals surface area contributed by atoms with E-state index in [9.17, 15) is 0 Å². The predicted octanol–water partition coefficient (Wildman–Crippen LogP) is 15.0. The number of furan rings is 1. The summed E-state index contributed by atoms with van der Waals surface area (Å²) in [6, 6.07) is 72.6. The zero-order chi connectivity index (χ0) is 40.7. The zero-order valence-electron chi connectivity index (χ0n) is 33.3. The van der Waals surface area contributed by atoms with E-state index in [2.05, 4.69) is 193 Å². The summed E-state index contributed by atoms with van der Waals surface area (Å²) in [6.45, 7) is 0. The average molecular weight is 791 g/mol. The number of benzene rings is 10. The smallest absolute Gasteiger partial charge is 0.238 e. The summed E-state index contributed by atoms with van der Waals surface area (Å²) in [5.41, 5.74) is 9.97. The fourth-order valence-corrected chi connectivity index (χ4v) is 9.60. The van der Waals surface area contributed by atoms with Crippen LogP contribution in [0.2, 0.25) is 0 Å². The van der Waals surface area contributed by atoms with Crippen molar-refractivity contribution in [1.29, 1.82) is 0 Å². The van der Waals surface area contributed by atoms with Crippen molar-refractivity contribution in [3.8, 4) is 51.0 Å². The maximum Gasteiger partial charge on any atom is 0.238 e.